The first-order valence-electron chi connectivity index (χ1n) is 9.27. The molecule has 1 unspecified atom stereocenters. The molecule has 0 radical (unpaired) electrons. The third-order valence-electron chi connectivity index (χ3n) is 4.54. The van der Waals surface area contributed by atoms with Crippen molar-refractivity contribution in [2.75, 3.05) is 26.3 Å². The molecule has 1 atom stereocenters. The van der Waals surface area contributed by atoms with Gasteiger partial charge in [-0.15, -0.1) is 11.8 Å². The summed E-state index contributed by atoms with van der Waals surface area (Å²) >= 11 is 0.691. The minimum Gasteiger partial charge on any atom is -0.394 e. The van der Waals surface area contributed by atoms with Crippen LogP contribution in [-0.2, 0) is 15.7 Å². The Kier molecular flexibility index (Phi) is 7.57. The maximum absolute atomic E-state index is 14.6. The van der Waals surface area contributed by atoms with Crippen molar-refractivity contribution in [3.63, 3.8) is 0 Å². The van der Waals surface area contributed by atoms with E-state index < -0.39 is 63.8 Å². The largest absolute Gasteiger partial charge is 0.417 e. The minimum atomic E-state index is -5.04. The summed E-state index contributed by atoms with van der Waals surface area (Å²) in [6.07, 6.45) is -5.94. The summed E-state index contributed by atoms with van der Waals surface area (Å²) in [7, 11) is 1.33. The highest BCUT2D eigenvalue weighted by molar-refractivity contribution is 7.99. The van der Waals surface area contributed by atoms with E-state index in [2.05, 4.69) is 4.98 Å². The number of methoxy groups -OCH3 is 1. The summed E-state index contributed by atoms with van der Waals surface area (Å²) in [5, 5.41) is 9.00. The number of rotatable bonds is 8. The van der Waals surface area contributed by atoms with Crippen LogP contribution in [0.25, 0.3) is 22.0 Å². The Labute approximate surface area is 186 Å². The number of thioether (sulfide) groups is 1. The van der Waals surface area contributed by atoms with Crippen molar-refractivity contribution in [2.45, 2.75) is 17.2 Å². The predicted octanol–water partition coefficient (Wildman–Crippen LogP) is 3.25. The third kappa shape index (κ3) is 5.43. The lowest BCUT2D eigenvalue weighted by Crippen LogP contribution is -2.24. The lowest BCUT2D eigenvalue weighted by atomic mass is 9.96. The second kappa shape index (κ2) is 10.0. The zero-order valence-corrected chi connectivity index (χ0v) is 17.7. The van der Waals surface area contributed by atoms with Crippen molar-refractivity contribution in [1.82, 2.24) is 9.97 Å². The summed E-state index contributed by atoms with van der Waals surface area (Å²) in [6.45, 7) is -0.740. The van der Waals surface area contributed by atoms with Gasteiger partial charge in [-0.05, 0) is 18.2 Å². The van der Waals surface area contributed by atoms with E-state index in [-0.39, 0.29) is 23.0 Å². The lowest BCUT2D eigenvalue weighted by molar-refractivity contribution is -0.137. The number of benzene rings is 2. The fourth-order valence-electron chi connectivity index (χ4n) is 3.10. The summed E-state index contributed by atoms with van der Waals surface area (Å²) in [5.74, 6) is -2.43. The highest BCUT2D eigenvalue weighted by Crippen LogP contribution is 2.45. The smallest absolute Gasteiger partial charge is 0.394 e. The van der Waals surface area contributed by atoms with E-state index in [1.807, 2.05) is 4.98 Å². The molecule has 33 heavy (non-hydrogen) atoms. The number of halogens is 5. The van der Waals surface area contributed by atoms with Gasteiger partial charge in [0, 0.05) is 35.0 Å². The number of fused-ring (bicyclic) bond motifs is 1. The molecule has 1 aromatic heterocycles. The molecule has 2 aromatic carbocycles. The van der Waals surface area contributed by atoms with E-state index in [0.717, 1.165) is 12.1 Å². The number of hydrogen-bond donors (Lipinski definition) is 3. The third-order valence-corrected chi connectivity index (χ3v) is 5.77. The van der Waals surface area contributed by atoms with Gasteiger partial charge in [-0.3, -0.25) is 9.78 Å². The molecule has 0 bridgehead atoms. The van der Waals surface area contributed by atoms with Crippen LogP contribution in [0.3, 0.4) is 0 Å². The molecule has 1 heterocycles. The molecule has 0 fully saturated rings. The number of aliphatic hydroxyl groups is 1. The van der Waals surface area contributed by atoms with Crippen LogP contribution in [0.4, 0.5) is 22.0 Å². The zero-order valence-electron chi connectivity index (χ0n) is 16.9. The molecule has 3 N–H and O–H groups in total. The van der Waals surface area contributed by atoms with Gasteiger partial charge in [0.1, 0.15) is 18.4 Å². The van der Waals surface area contributed by atoms with E-state index in [1.165, 1.54) is 7.11 Å². The highest BCUT2D eigenvalue weighted by Gasteiger charge is 2.37. The zero-order chi connectivity index (χ0) is 24.3. The SMILES string of the molecule is COCOC(CO)CSc1c(-c2ccc(F)cc2F)c(C(F)(F)F)cc2c(=O)[nH]c(=O)[nH]c12. The Morgan fingerprint density at radius 1 is 1.15 bits per heavy atom. The Balaban J connectivity index is 2.36. The van der Waals surface area contributed by atoms with Gasteiger partial charge in [-0.25, -0.2) is 13.6 Å². The van der Waals surface area contributed by atoms with Gasteiger partial charge in [0.2, 0.25) is 0 Å². The second-order valence-corrected chi connectivity index (χ2v) is 7.80. The van der Waals surface area contributed by atoms with E-state index in [9.17, 15) is 36.6 Å². The second-order valence-electron chi connectivity index (χ2n) is 6.77. The van der Waals surface area contributed by atoms with E-state index in [1.54, 1.807) is 0 Å². The number of nitrogens with one attached hydrogen (secondary N) is 2. The summed E-state index contributed by atoms with van der Waals surface area (Å²) in [4.78, 5) is 28.0. The quantitative estimate of drug-likeness (QED) is 0.253. The molecule has 178 valence electrons. The molecule has 0 aliphatic heterocycles. The van der Waals surface area contributed by atoms with E-state index in [0.29, 0.717) is 23.9 Å². The Morgan fingerprint density at radius 3 is 2.48 bits per heavy atom. The topological polar surface area (TPSA) is 104 Å². The molecule has 7 nitrogen and oxygen atoms in total. The molecule has 13 heteroatoms. The van der Waals surface area contributed by atoms with Crippen LogP contribution in [-0.4, -0.2) is 47.4 Å². The number of H-pyrrole nitrogens is 2. The Hall–Kier alpha value is -2.74. The van der Waals surface area contributed by atoms with Gasteiger partial charge in [-0.1, -0.05) is 0 Å². The molecule has 0 aliphatic rings. The fraction of sp³-hybridized carbons (Fsp3) is 0.300. The number of ether oxygens (including phenoxy) is 2. The maximum atomic E-state index is 14.6. The summed E-state index contributed by atoms with van der Waals surface area (Å²) < 4.78 is 80.1. The van der Waals surface area contributed by atoms with Crippen LogP contribution in [0.15, 0.2) is 38.8 Å². The highest BCUT2D eigenvalue weighted by atomic mass is 32.2. The fourth-order valence-corrected chi connectivity index (χ4v) is 4.32. The van der Waals surface area contributed by atoms with Crippen molar-refractivity contribution < 1.29 is 36.5 Å². The maximum Gasteiger partial charge on any atom is 0.417 e. The number of aromatic nitrogens is 2. The standard InChI is InChI=1S/C20H17F5N2O5S/c1-31-8-32-10(6-28)7-33-17-15(11-3-2-9(21)4-14(11)22)13(20(23,24)25)5-12-16(17)26-19(30)27-18(12)29/h2-5,10,28H,6-8H2,1H3,(H2,26,27,29,30). The molecule has 0 spiro atoms. The minimum absolute atomic E-state index is 0.152. The van der Waals surface area contributed by atoms with Crippen molar-refractivity contribution >= 4 is 22.7 Å². The summed E-state index contributed by atoms with van der Waals surface area (Å²) in [5.41, 5.74) is -4.99. The predicted molar refractivity (Wildman–Crippen MR) is 110 cm³/mol. The van der Waals surface area contributed by atoms with Crippen molar-refractivity contribution in [1.29, 1.82) is 0 Å². The van der Waals surface area contributed by atoms with Crippen LogP contribution in [0.2, 0.25) is 0 Å². The van der Waals surface area contributed by atoms with E-state index >= 15 is 0 Å². The van der Waals surface area contributed by atoms with Gasteiger partial charge in [0.05, 0.1) is 29.2 Å². The van der Waals surface area contributed by atoms with Crippen molar-refractivity contribution in [2.24, 2.45) is 0 Å². The molecule has 0 aliphatic carbocycles. The molecule has 3 rings (SSSR count). The Bertz CT molecular complexity index is 1270. The van der Waals surface area contributed by atoms with Crippen LogP contribution in [0.5, 0.6) is 0 Å². The van der Waals surface area contributed by atoms with Gasteiger partial charge in [0.25, 0.3) is 5.56 Å². The number of aromatic amines is 2. The monoisotopic (exact) mass is 492 g/mol. The molecular weight excluding hydrogens is 475 g/mol. The first kappa shape index (κ1) is 24.9. The average molecular weight is 492 g/mol. The Morgan fingerprint density at radius 2 is 1.88 bits per heavy atom. The normalized spacial score (nSPS) is 12.9. The average Bonchev–Trinajstić information content (AvgIpc) is 2.73. The van der Waals surface area contributed by atoms with Crippen molar-refractivity contribution in [3.05, 3.63) is 62.3 Å². The van der Waals surface area contributed by atoms with Crippen LogP contribution in [0.1, 0.15) is 5.56 Å². The van der Waals surface area contributed by atoms with Gasteiger partial charge in [-0.2, -0.15) is 13.2 Å². The van der Waals surface area contributed by atoms with Gasteiger partial charge in [0.15, 0.2) is 0 Å². The van der Waals surface area contributed by atoms with Crippen LogP contribution in [0, 0.1) is 11.6 Å². The molecule has 0 saturated heterocycles. The number of hydrogen-bond acceptors (Lipinski definition) is 6. The molecule has 0 saturated carbocycles. The van der Waals surface area contributed by atoms with Crippen LogP contribution >= 0.6 is 11.8 Å². The first-order valence-corrected chi connectivity index (χ1v) is 10.3. The molecule has 0 amide bonds. The lowest BCUT2D eigenvalue weighted by Gasteiger charge is -2.21. The van der Waals surface area contributed by atoms with E-state index in [4.69, 9.17) is 9.47 Å². The molecule has 3 aromatic rings. The summed E-state index contributed by atoms with van der Waals surface area (Å²) in [6, 6.07) is 2.54. The van der Waals surface area contributed by atoms with Gasteiger partial charge < -0.3 is 19.6 Å². The van der Waals surface area contributed by atoms with Crippen LogP contribution < -0.4 is 11.2 Å². The molecular formula is C20H17F5N2O5S. The number of aliphatic hydroxyl groups excluding tert-OH is 1. The number of alkyl halides is 3. The first-order chi connectivity index (χ1) is 15.6. The van der Waals surface area contributed by atoms with Gasteiger partial charge >= 0.3 is 11.9 Å². The van der Waals surface area contributed by atoms with Crippen molar-refractivity contribution in [3.8, 4) is 11.1 Å².